The number of nitrogens with one attached hydrogen (secondary N) is 1. The molecule has 0 radical (unpaired) electrons. The van der Waals surface area contributed by atoms with Gasteiger partial charge in [0.2, 0.25) is 5.13 Å². The maximum Gasteiger partial charge on any atom is 0.205 e. The highest BCUT2D eigenvalue weighted by Crippen LogP contribution is 2.23. The molecule has 0 bridgehead atoms. The van der Waals surface area contributed by atoms with Crippen molar-refractivity contribution in [3.63, 3.8) is 0 Å². The van der Waals surface area contributed by atoms with E-state index in [1.165, 1.54) is 0 Å². The van der Waals surface area contributed by atoms with Gasteiger partial charge in [0, 0.05) is 23.0 Å². The normalized spacial score (nSPS) is 11.0. The van der Waals surface area contributed by atoms with Gasteiger partial charge in [0.05, 0.1) is 0 Å². The Hall–Kier alpha value is -0.840. The van der Waals surface area contributed by atoms with E-state index in [4.69, 9.17) is 23.2 Å². The summed E-state index contributed by atoms with van der Waals surface area (Å²) in [6.07, 6.45) is 0.956. The molecule has 0 atom stereocenters. The molecule has 19 heavy (non-hydrogen) atoms. The lowest BCUT2D eigenvalue weighted by Gasteiger charge is -2.05. The third-order valence-corrected chi connectivity index (χ3v) is 3.99. The third kappa shape index (κ3) is 4.34. The highest BCUT2D eigenvalue weighted by atomic mass is 35.5. The fourth-order valence-corrected chi connectivity index (χ4v) is 2.93. The van der Waals surface area contributed by atoms with Gasteiger partial charge in [-0.05, 0) is 29.7 Å². The van der Waals surface area contributed by atoms with E-state index in [0.29, 0.717) is 22.5 Å². The standard InChI is InChI=1S/C13H15Cl2N3S/c1-8(2)5-12-17-18-13(19-12)16-7-9-6-10(14)3-4-11(9)15/h3-4,6,8H,5,7H2,1-2H3,(H,16,18). The van der Waals surface area contributed by atoms with E-state index in [9.17, 15) is 0 Å². The smallest absolute Gasteiger partial charge is 0.205 e. The summed E-state index contributed by atoms with van der Waals surface area (Å²) in [5.74, 6) is 0.586. The Balaban J connectivity index is 1.98. The average molecular weight is 316 g/mol. The largest absolute Gasteiger partial charge is 0.356 e. The first-order chi connectivity index (χ1) is 9.04. The highest BCUT2D eigenvalue weighted by molar-refractivity contribution is 7.15. The second kappa shape index (κ2) is 6.55. The average Bonchev–Trinajstić information content (AvgIpc) is 2.77. The van der Waals surface area contributed by atoms with Crippen LogP contribution in [0.2, 0.25) is 10.0 Å². The monoisotopic (exact) mass is 315 g/mol. The van der Waals surface area contributed by atoms with Crippen LogP contribution in [0.1, 0.15) is 24.4 Å². The van der Waals surface area contributed by atoms with E-state index in [2.05, 4.69) is 29.4 Å². The SMILES string of the molecule is CC(C)Cc1nnc(NCc2cc(Cl)ccc2Cl)s1. The van der Waals surface area contributed by atoms with Crippen LogP contribution in [0.3, 0.4) is 0 Å². The Labute approximate surface area is 127 Å². The number of halogens is 2. The minimum absolute atomic E-state index is 0.586. The molecule has 3 nitrogen and oxygen atoms in total. The number of hydrogen-bond acceptors (Lipinski definition) is 4. The molecule has 0 saturated heterocycles. The van der Waals surface area contributed by atoms with Crippen LogP contribution in [0.5, 0.6) is 0 Å². The van der Waals surface area contributed by atoms with E-state index in [-0.39, 0.29) is 0 Å². The van der Waals surface area contributed by atoms with Gasteiger partial charge >= 0.3 is 0 Å². The van der Waals surface area contributed by atoms with E-state index in [1.54, 1.807) is 23.5 Å². The fourth-order valence-electron chi connectivity index (χ4n) is 1.61. The minimum Gasteiger partial charge on any atom is -0.356 e. The first kappa shape index (κ1) is 14.6. The molecule has 0 saturated carbocycles. The van der Waals surface area contributed by atoms with Gasteiger partial charge in [-0.15, -0.1) is 10.2 Å². The quantitative estimate of drug-likeness (QED) is 0.872. The van der Waals surface area contributed by atoms with Gasteiger partial charge < -0.3 is 5.32 Å². The molecule has 0 fully saturated rings. The van der Waals surface area contributed by atoms with E-state index < -0.39 is 0 Å². The molecule has 2 aromatic rings. The van der Waals surface area contributed by atoms with Gasteiger partial charge in [-0.2, -0.15) is 0 Å². The molecule has 1 heterocycles. The molecule has 1 aromatic heterocycles. The molecular weight excluding hydrogens is 301 g/mol. The van der Waals surface area contributed by atoms with Crippen molar-refractivity contribution >= 4 is 39.7 Å². The van der Waals surface area contributed by atoms with Crippen LogP contribution in [-0.4, -0.2) is 10.2 Å². The molecule has 0 spiro atoms. The molecule has 6 heteroatoms. The van der Waals surface area contributed by atoms with Gasteiger partial charge in [0.1, 0.15) is 5.01 Å². The minimum atomic E-state index is 0.586. The summed E-state index contributed by atoms with van der Waals surface area (Å²) in [7, 11) is 0. The molecule has 0 unspecified atom stereocenters. The molecule has 0 aliphatic heterocycles. The molecule has 0 amide bonds. The summed E-state index contributed by atoms with van der Waals surface area (Å²) in [6.45, 7) is 4.93. The maximum atomic E-state index is 6.11. The van der Waals surface area contributed by atoms with Gasteiger partial charge in [-0.1, -0.05) is 48.4 Å². The predicted molar refractivity (Wildman–Crippen MR) is 82.2 cm³/mol. The number of anilines is 1. The summed E-state index contributed by atoms with van der Waals surface area (Å²) in [4.78, 5) is 0. The molecular formula is C13H15Cl2N3S. The molecule has 0 aliphatic rings. The van der Waals surface area contributed by atoms with E-state index in [1.807, 2.05) is 6.07 Å². The predicted octanol–water partition coefficient (Wildman–Crippen LogP) is 4.66. The van der Waals surface area contributed by atoms with Crippen molar-refractivity contribution < 1.29 is 0 Å². The second-order valence-corrected chi connectivity index (χ2v) is 6.59. The Morgan fingerprint density at radius 3 is 2.79 bits per heavy atom. The molecule has 1 aromatic carbocycles. The number of nitrogens with zero attached hydrogens (tertiary/aromatic N) is 2. The highest BCUT2D eigenvalue weighted by Gasteiger charge is 2.07. The van der Waals surface area contributed by atoms with Crippen LogP contribution in [0, 0.1) is 5.92 Å². The lowest BCUT2D eigenvalue weighted by molar-refractivity contribution is 0.640. The molecule has 2 rings (SSSR count). The summed E-state index contributed by atoms with van der Waals surface area (Å²) in [6, 6.07) is 5.43. The summed E-state index contributed by atoms with van der Waals surface area (Å²) >= 11 is 13.6. The summed E-state index contributed by atoms with van der Waals surface area (Å²) in [5.41, 5.74) is 0.953. The number of hydrogen-bond donors (Lipinski definition) is 1. The van der Waals surface area contributed by atoms with Gasteiger partial charge in [-0.3, -0.25) is 0 Å². The van der Waals surface area contributed by atoms with Gasteiger partial charge in [0.15, 0.2) is 0 Å². The second-order valence-electron chi connectivity index (χ2n) is 4.69. The van der Waals surface area contributed by atoms with Crippen molar-refractivity contribution in [3.8, 4) is 0 Å². The van der Waals surface area contributed by atoms with Crippen molar-refractivity contribution in [1.29, 1.82) is 0 Å². The molecule has 0 aliphatic carbocycles. The third-order valence-electron chi connectivity index (χ3n) is 2.49. The molecule has 102 valence electrons. The number of aromatic nitrogens is 2. The number of benzene rings is 1. The van der Waals surface area contributed by atoms with Crippen LogP contribution in [0.4, 0.5) is 5.13 Å². The zero-order chi connectivity index (χ0) is 13.8. The van der Waals surface area contributed by atoms with E-state index in [0.717, 1.165) is 22.1 Å². The van der Waals surface area contributed by atoms with Crippen LogP contribution in [-0.2, 0) is 13.0 Å². The first-order valence-electron chi connectivity index (χ1n) is 6.05. The topological polar surface area (TPSA) is 37.8 Å². The lowest BCUT2D eigenvalue weighted by Crippen LogP contribution is -1.99. The van der Waals surface area contributed by atoms with Crippen molar-refractivity contribution in [1.82, 2.24) is 10.2 Å². The van der Waals surface area contributed by atoms with Crippen molar-refractivity contribution in [2.24, 2.45) is 5.92 Å². The summed E-state index contributed by atoms with van der Waals surface area (Å²) in [5, 5.41) is 14.7. The van der Waals surface area contributed by atoms with Crippen LogP contribution in [0.15, 0.2) is 18.2 Å². The summed E-state index contributed by atoms with van der Waals surface area (Å²) < 4.78 is 0. The Morgan fingerprint density at radius 2 is 2.05 bits per heavy atom. The Kier molecular flexibility index (Phi) is 5.02. The fraction of sp³-hybridized carbons (Fsp3) is 0.385. The number of rotatable bonds is 5. The Bertz CT molecular complexity index is 555. The van der Waals surface area contributed by atoms with Crippen LogP contribution in [0.25, 0.3) is 0 Å². The Morgan fingerprint density at radius 1 is 1.26 bits per heavy atom. The van der Waals surface area contributed by atoms with Crippen molar-refractivity contribution in [2.75, 3.05) is 5.32 Å². The first-order valence-corrected chi connectivity index (χ1v) is 7.62. The van der Waals surface area contributed by atoms with Crippen LogP contribution >= 0.6 is 34.5 Å². The zero-order valence-corrected chi connectivity index (χ0v) is 13.1. The zero-order valence-electron chi connectivity index (χ0n) is 10.8. The van der Waals surface area contributed by atoms with Crippen LogP contribution < -0.4 is 5.32 Å². The molecule has 1 N–H and O–H groups in total. The maximum absolute atomic E-state index is 6.11. The van der Waals surface area contributed by atoms with E-state index >= 15 is 0 Å². The van der Waals surface area contributed by atoms with Crippen molar-refractivity contribution in [3.05, 3.63) is 38.8 Å². The van der Waals surface area contributed by atoms with Crippen molar-refractivity contribution in [2.45, 2.75) is 26.8 Å². The lowest BCUT2D eigenvalue weighted by atomic mass is 10.1. The van der Waals surface area contributed by atoms with Gasteiger partial charge in [0.25, 0.3) is 0 Å². The van der Waals surface area contributed by atoms with Gasteiger partial charge in [-0.25, -0.2) is 0 Å².